The van der Waals surface area contributed by atoms with Gasteiger partial charge in [0.15, 0.2) is 0 Å². The summed E-state index contributed by atoms with van der Waals surface area (Å²) in [5.41, 5.74) is 1.34. The fraction of sp³-hybridized carbons (Fsp3) is 0.625. The quantitative estimate of drug-likeness (QED) is 0.859. The highest BCUT2D eigenvalue weighted by molar-refractivity contribution is 9.10. The molecule has 1 fully saturated rings. The summed E-state index contributed by atoms with van der Waals surface area (Å²) in [7, 11) is 0. The summed E-state index contributed by atoms with van der Waals surface area (Å²) in [5, 5.41) is 3.52. The Morgan fingerprint density at radius 2 is 2.05 bits per heavy atom. The van der Waals surface area contributed by atoms with Crippen molar-refractivity contribution in [3.63, 3.8) is 0 Å². The molecule has 0 aliphatic heterocycles. The van der Waals surface area contributed by atoms with Crippen molar-refractivity contribution in [3.05, 3.63) is 28.2 Å². The lowest BCUT2D eigenvalue weighted by Crippen LogP contribution is -2.35. The Bertz CT molecular complexity index is 421. The van der Waals surface area contributed by atoms with E-state index in [9.17, 15) is 0 Å². The standard InChI is InChI=1S/C16H24BrNO/c1-16(2,3)18-10-13-9-14(17)7-8-15(13)19-11-12-5-4-6-12/h7-9,12,18H,4-6,10-11H2,1-3H3. The van der Waals surface area contributed by atoms with E-state index < -0.39 is 0 Å². The van der Waals surface area contributed by atoms with Gasteiger partial charge in [0, 0.05) is 22.1 Å². The van der Waals surface area contributed by atoms with Crippen molar-refractivity contribution in [2.45, 2.75) is 52.1 Å². The summed E-state index contributed by atoms with van der Waals surface area (Å²) in [5.74, 6) is 1.79. The van der Waals surface area contributed by atoms with Crippen LogP contribution in [0.5, 0.6) is 5.75 Å². The zero-order chi connectivity index (χ0) is 13.9. The average molecular weight is 326 g/mol. The lowest BCUT2D eigenvalue weighted by Gasteiger charge is -2.26. The van der Waals surface area contributed by atoms with Crippen molar-refractivity contribution in [3.8, 4) is 5.75 Å². The van der Waals surface area contributed by atoms with Gasteiger partial charge in [0.2, 0.25) is 0 Å². The predicted molar refractivity (Wildman–Crippen MR) is 83.6 cm³/mol. The molecule has 2 rings (SSSR count). The van der Waals surface area contributed by atoms with E-state index in [1.807, 2.05) is 0 Å². The van der Waals surface area contributed by atoms with E-state index in [1.54, 1.807) is 0 Å². The molecule has 0 atom stereocenters. The molecule has 0 aromatic heterocycles. The fourth-order valence-corrected chi connectivity index (χ4v) is 2.46. The highest BCUT2D eigenvalue weighted by Crippen LogP contribution is 2.29. The van der Waals surface area contributed by atoms with E-state index in [0.29, 0.717) is 0 Å². The second-order valence-electron chi connectivity index (χ2n) is 6.46. The maximum absolute atomic E-state index is 6.00. The van der Waals surface area contributed by atoms with E-state index in [0.717, 1.165) is 29.3 Å². The monoisotopic (exact) mass is 325 g/mol. The van der Waals surface area contributed by atoms with Gasteiger partial charge in [0.1, 0.15) is 5.75 Å². The first kappa shape index (κ1) is 14.9. The Morgan fingerprint density at radius 1 is 1.32 bits per heavy atom. The molecule has 106 valence electrons. The van der Waals surface area contributed by atoms with E-state index in [1.165, 1.54) is 24.8 Å². The molecule has 3 heteroatoms. The molecular weight excluding hydrogens is 302 g/mol. The lowest BCUT2D eigenvalue weighted by molar-refractivity contribution is 0.179. The minimum atomic E-state index is 0.119. The van der Waals surface area contributed by atoms with Crippen LogP contribution in [-0.4, -0.2) is 12.1 Å². The number of hydrogen-bond donors (Lipinski definition) is 1. The van der Waals surface area contributed by atoms with Crippen molar-refractivity contribution in [1.29, 1.82) is 0 Å². The summed E-state index contributed by atoms with van der Waals surface area (Å²) in [6.07, 6.45) is 4.02. The topological polar surface area (TPSA) is 21.3 Å². The van der Waals surface area contributed by atoms with E-state index >= 15 is 0 Å². The van der Waals surface area contributed by atoms with Crippen LogP contribution in [-0.2, 0) is 6.54 Å². The third kappa shape index (κ3) is 4.81. The average Bonchev–Trinajstić information content (AvgIpc) is 2.25. The maximum atomic E-state index is 6.00. The van der Waals surface area contributed by atoms with Crippen LogP contribution in [0.25, 0.3) is 0 Å². The summed E-state index contributed by atoms with van der Waals surface area (Å²) in [4.78, 5) is 0. The number of nitrogens with one attached hydrogen (secondary N) is 1. The second-order valence-corrected chi connectivity index (χ2v) is 7.38. The number of benzene rings is 1. The summed E-state index contributed by atoms with van der Waals surface area (Å²) in [6, 6.07) is 6.27. The molecule has 0 amide bonds. The molecule has 1 aliphatic carbocycles. The highest BCUT2D eigenvalue weighted by Gasteiger charge is 2.19. The van der Waals surface area contributed by atoms with E-state index in [-0.39, 0.29) is 5.54 Å². The van der Waals surface area contributed by atoms with E-state index in [2.05, 4.69) is 60.2 Å². The molecule has 1 aromatic rings. The van der Waals surface area contributed by atoms with Crippen molar-refractivity contribution < 1.29 is 4.74 Å². The Labute approximate surface area is 125 Å². The predicted octanol–water partition coefficient (Wildman–Crippen LogP) is 4.52. The number of rotatable bonds is 5. The molecule has 0 spiro atoms. The van der Waals surface area contributed by atoms with Crippen LogP contribution in [0.2, 0.25) is 0 Å². The minimum Gasteiger partial charge on any atom is -0.493 e. The van der Waals surface area contributed by atoms with Gasteiger partial charge in [-0.1, -0.05) is 22.4 Å². The molecule has 0 bridgehead atoms. The number of hydrogen-bond acceptors (Lipinski definition) is 2. The molecular formula is C16H24BrNO. The van der Waals surface area contributed by atoms with Crippen LogP contribution in [0, 0.1) is 5.92 Å². The van der Waals surface area contributed by atoms with Gasteiger partial charge in [0.25, 0.3) is 0 Å². The first-order valence-corrected chi connectivity index (χ1v) is 7.89. The molecule has 0 heterocycles. The molecule has 1 aliphatic rings. The van der Waals surface area contributed by atoms with Crippen LogP contribution in [0.15, 0.2) is 22.7 Å². The van der Waals surface area contributed by atoms with Crippen molar-refractivity contribution in [2.24, 2.45) is 5.92 Å². The van der Waals surface area contributed by atoms with Crippen LogP contribution in [0.1, 0.15) is 45.6 Å². The van der Waals surface area contributed by atoms with Gasteiger partial charge < -0.3 is 10.1 Å². The summed E-state index contributed by atoms with van der Waals surface area (Å²) < 4.78 is 7.11. The van der Waals surface area contributed by atoms with Gasteiger partial charge in [-0.25, -0.2) is 0 Å². The first-order chi connectivity index (χ1) is 8.94. The van der Waals surface area contributed by atoms with Gasteiger partial charge >= 0.3 is 0 Å². The number of halogens is 1. The maximum Gasteiger partial charge on any atom is 0.123 e. The molecule has 1 saturated carbocycles. The zero-order valence-electron chi connectivity index (χ0n) is 12.1. The first-order valence-electron chi connectivity index (χ1n) is 7.10. The Balaban J connectivity index is 1.99. The van der Waals surface area contributed by atoms with Crippen LogP contribution in [0.3, 0.4) is 0 Å². The van der Waals surface area contributed by atoms with Gasteiger partial charge in [-0.3, -0.25) is 0 Å². The summed E-state index contributed by atoms with van der Waals surface area (Å²) >= 11 is 3.54. The van der Waals surface area contributed by atoms with Gasteiger partial charge in [-0.05, 0) is 57.7 Å². The minimum absolute atomic E-state index is 0.119. The fourth-order valence-electron chi connectivity index (χ4n) is 2.05. The Morgan fingerprint density at radius 3 is 2.63 bits per heavy atom. The molecule has 19 heavy (non-hydrogen) atoms. The van der Waals surface area contributed by atoms with Crippen LogP contribution >= 0.6 is 15.9 Å². The van der Waals surface area contributed by atoms with Crippen LogP contribution in [0.4, 0.5) is 0 Å². The van der Waals surface area contributed by atoms with Gasteiger partial charge in [-0.2, -0.15) is 0 Å². The molecule has 1 aromatic carbocycles. The molecule has 2 nitrogen and oxygen atoms in total. The third-order valence-corrected chi connectivity index (χ3v) is 4.02. The van der Waals surface area contributed by atoms with E-state index in [4.69, 9.17) is 4.74 Å². The largest absolute Gasteiger partial charge is 0.493 e. The molecule has 0 saturated heterocycles. The van der Waals surface area contributed by atoms with Crippen molar-refractivity contribution in [2.75, 3.05) is 6.61 Å². The summed E-state index contributed by atoms with van der Waals surface area (Å²) in [6.45, 7) is 8.24. The Kier molecular flexibility index (Phi) is 4.91. The van der Waals surface area contributed by atoms with Crippen LogP contribution < -0.4 is 10.1 Å². The van der Waals surface area contributed by atoms with Gasteiger partial charge in [-0.15, -0.1) is 0 Å². The zero-order valence-corrected chi connectivity index (χ0v) is 13.7. The van der Waals surface area contributed by atoms with Crippen molar-refractivity contribution >= 4 is 15.9 Å². The highest BCUT2D eigenvalue weighted by atomic mass is 79.9. The molecule has 0 unspecified atom stereocenters. The van der Waals surface area contributed by atoms with Gasteiger partial charge in [0.05, 0.1) is 6.61 Å². The SMILES string of the molecule is CC(C)(C)NCc1cc(Br)ccc1OCC1CCC1. The van der Waals surface area contributed by atoms with Crippen molar-refractivity contribution in [1.82, 2.24) is 5.32 Å². The smallest absolute Gasteiger partial charge is 0.123 e. The molecule has 1 N–H and O–H groups in total. The second kappa shape index (κ2) is 6.27. The normalized spacial score (nSPS) is 16.2. The Hall–Kier alpha value is -0.540. The number of ether oxygens (including phenoxy) is 1. The lowest BCUT2D eigenvalue weighted by atomic mass is 9.86. The third-order valence-electron chi connectivity index (χ3n) is 3.53. The molecule has 0 radical (unpaired) electrons.